The number of nitrogens with one attached hydrogen (secondary N) is 1. The quantitative estimate of drug-likeness (QED) is 0.340. The summed E-state index contributed by atoms with van der Waals surface area (Å²) in [6.45, 7) is 3.19. The number of hydrogen-bond donors (Lipinski definition) is 1. The van der Waals surface area contributed by atoms with Crippen molar-refractivity contribution in [3.05, 3.63) is 86.2 Å². The zero-order chi connectivity index (χ0) is 25.7. The van der Waals surface area contributed by atoms with Crippen molar-refractivity contribution >= 4 is 17.6 Å². The van der Waals surface area contributed by atoms with E-state index >= 15 is 0 Å². The zero-order valence-electron chi connectivity index (χ0n) is 20.0. The van der Waals surface area contributed by atoms with Crippen LogP contribution in [-0.4, -0.2) is 38.2 Å². The Morgan fingerprint density at radius 3 is 2.17 bits per heavy atom. The van der Waals surface area contributed by atoms with Crippen molar-refractivity contribution in [2.45, 2.75) is 26.4 Å². The van der Waals surface area contributed by atoms with Gasteiger partial charge >= 0.3 is 11.9 Å². The number of para-hydroxylation sites is 1. The van der Waals surface area contributed by atoms with Crippen LogP contribution >= 0.6 is 0 Å². The topological polar surface area (TPSA) is 126 Å². The fourth-order valence-electron chi connectivity index (χ4n) is 4.05. The average Bonchev–Trinajstić information content (AvgIpc) is 2.86. The lowest BCUT2D eigenvalue weighted by molar-refractivity contribution is -0.385. The number of nitro groups is 1. The first-order chi connectivity index (χ1) is 16.7. The molecule has 0 radical (unpaired) electrons. The lowest BCUT2D eigenvalue weighted by Gasteiger charge is -2.30. The molecule has 3 rings (SSSR count). The average molecular weight is 482 g/mol. The number of rotatable bonds is 8. The van der Waals surface area contributed by atoms with Crippen LogP contribution in [0.1, 0.15) is 30.9 Å². The van der Waals surface area contributed by atoms with Crippen molar-refractivity contribution in [3.8, 4) is 11.5 Å². The molecule has 10 nitrogen and oxygen atoms in total. The highest BCUT2D eigenvalue weighted by molar-refractivity contribution is 6.00. The molecule has 35 heavy (non-hydrogen) atoms. The Morgan fingerprint density at radius 1 is 0.943 bits per heavy atom. The smallest absolute Gasteiger partial charge is 0.337 e. The maximum Gasteiger partial charge on any atom is 0.337 e. The Morgan fingerprint density at radius 2 is 1.57 bits per heavy atom. The molecule has 10 heteroatoms. The van der Waals surface area contributed by atoms with Crippen LogP contribution < -0.4 is 14.8 Å². The summed E-state index contributed by atoms with van der Waals surface area (Å²) in [4.78, 5) is 37.3. The summed E-state index contributed by atoms with van der Waals surface area (Å²) in [7, 11) is 4.22. The van der Waals surface area contributed by atoms with Gasteiger partial charge in [0.05, 0.1) is 43.3 Å². The molecule has 1 unspecified atom stereocenters. The van der Waals surface area contributed by atoms with Gasteiger partial charge in [0.15, 0.2) is 11.5 Å². The van der Waals surface area contributed by atoms with Gasteiger partial charge in [0, 0.05) is 23.0 Å². The Labute approximate surface area is 202 Å². The van der Waals surface area contributed by atoms with Gasteiger partial charge in [0.2, 0.25) is 0 Å². The SMILES string of the molecule is COC(=O)C1=C(C)NC(C)=C(C(=O)OCc2ccc(OC)c(OC)c2)C1c1ccccc1[N+](=O)[O-]. The monoisotopic (exact) mass is 482 g/mol. The largest absolute Gasteiger partial charge is 0.493 e. The summed E-state index contributed by atoms with van der Waals surface area (Å²) in [5, 5.41) is 14.8. The summed E-state index contributed by atoms with van der Waals surface area (Å²) in [5.41, 5.74) is 1.59. The van der Waals surface area contributed by atoms with Crippen molar-refractivity contribution in [1.82, 2.24) is 5.32 Å². The lowest BCUT2D eigenvalue weighted by Crippen LogP contribution is -2.32. The fourth-order valence-corrected chi connectivity index (χ4v) is 4.05. The molecule has 2 aromatic rings. The van der Waals surface area contributed by atoms with Crippen LogP contribution in [0.15, 0.2) is 65.0 Å². The normalized spacial score (nSPS) is 15.3. The van der Waals surface area contributed by atoms with E-state index in [0.29, 0.717) is 28.5 Å². The number of dihydropyridines is 1. The Kier molecular flexibility index (Phi) is 7.75. The van der Waals surface area contributed by atoms with Gasteiger partial charge < -0.3 is 24.3 Å². The standard InChI is InChI=1S/C25H26N2O8/c1-14-21(24(28)34-5)23(17-8-6-7-9-18(17)27(30)31)22(15(2)26-14)25(29)35-13-16-10-11-19(32-3)20(12-16)33-4/h6-12,23,26H,13H2,1-5H3. The molecule has 0 aromatic heterocycles. The molecule has 0 saturated carbocycles. The maximum atomic E-state index is 13.4. The van der Waals surface area contributed by atoms with Crippen LogP contribution in [-0.2, 0) is 25.7 Å². The zero-order valence-corrected chi connectivity index (χ0v) is 20.0. The van der Waals surface area contributed by atoms with Gasteiger partial charge in [-0.2, -0.15) is 0 Å². The van der Waals surface area contributed by atoms with Crippen LogP contribution in [0.25, 0.3) is 0 Å². The molecule has 1 heterocycles. The van der Waals surface area contributed by atoms with Gasteiger partial charge in [0.25, 0.3) is 5.69 Å². The van der Waals surface area contributed by atoms with Gasteiger partial charge in [-0.1, -0.05) is 24.3 Å². The number of esters is 2. The Hall–Kier alpha value is -4.34. The highest BCUT2D eigenvalue weighted by Crippen LogP contribution is 2.42. The van der Waals surface area contributed by atoms with Gasteiger partial charge in [0.1, 0.15) is 6.61 Å². The Bertz CT molecular complexity index is 1230. The predicted octanol–water partition coefficient (Wildman–Crippen LogP) is 3.76. The molecule has 0 bridgehead atoms. The summed E-state index contributed by atoms with van der Waals surface area (Å²) in [6, 6.07) is 11.0. The molecule has 184 valence electrons. The van der Waals surface area contributed by atoms with Crippen molar-refractivity contribution in [2.24, 2.45) is 0 Å². The highest BCUT2D eigenvalue weighted by atomic mass is 16.6. The first kappa shape index (κ1) is 25.3. The third-order valence-electron chi connectivity index (χ3n) is 5.65. The second-order valence-corrected chi connectivity index (χ2v) is 7.71. The van der Waals surface area contributed by atoms with Crippen LogP contribution in [0.5, 0.6) is 11.5 Å². The van der Waals surface area contributed by atoms with Crippen LogP contribution in [0, 0.1) is 10.1 Å². The molecule has 0 amide bonds. The first-order valence-electron chi connectivity index (χ1n) is 10.6. The van der Waals surface area contributed by atoms with E-state index in [0.717, 1.165) is 0 Å². The van der Waals surface area contributed by atoms with E-state index in [1.165, 1.54) is 39.5 Å². The van der Waals surface area contributed by atoms with Crippen LogP contribution in [0.2, 0.25) is 0 Å². The van der Waals surface area contributed by atoms with Crippen molar-refractivity contribution in [1.29, 1.82) is 0 Å². The fraction of sp³-hybridized carbons (Fsp3) is 0.280. The maximum absolute atomic E-state index is 13.4. The summed E-state index contributed by atoms with van der Waals surface area (Å²) in [6.07, 6.45) is 0. The van der Waals surface area contributed by atoms with E-state index in [1.807, 2.05) is 0 Å². The Balaban J connectivity index is 2.03. The second-order valence-electron chi connectivity index (χ2n) is 7.71. The molecule has 0 spiro atoms. The molecular weight excluding hydrogens is 456 g/mol. The molecule has 0 aliphatic carbocycles. The van der Waals surface area contributed by atoms with Crippen molar-refractivity contribution in [3.63, 3.8) is 0 Å². The van der Waals surface area contributed by atoms with E-state index < -0.39 is 22.8 Å². The lowest BCUT2D eigenvalue weighted by atomic mass is 9.79. The highest BCUT2D eigenvalue weighted by Gasteiger charge is 2.40. The minimum Gasteiger partial charge on any atom is -0.493 e. The number of carbonyl (C=O) groups is 2. The van der Waals surface area contributed by atoms with Gasteiger partial charge in [-0.15, -0.1) is 0 Å². The van der Waals surface area contributed by atoms with E-state index in [-0.39, 0.29) is 29.0 Å². The third kappa shape index (κ3) is 5.11. The van der Waals surface area contributed by atoms with E-state index in [1.54, 1.807) is 38.1 Å². The summed E-state index contributed by atoms with van der Waals surface area (Å²) < 4.78 is 21.0. The van der Waals surface area contributed by atoms with Crippen LogP contribution in [0.3, 0.4) is 0 Å². The minimum atomic E-state index is -1.07. The van der Waals surface area contributed by atoms with Crippen molar-refractivity contribution < 1.29 is 33.5 Å². The molecule has 1 aliphatic rings. The van der Waals surface area contributed by atoms with Crippen LogP contribution in [0.4, 0.5) is 5.69 Å². The molecule has 0 saturated heterocycles. The van der Waals surface area contributed by atoms with Gasteiger partial charge in [-0.3, -0.25) is 10.1 Å². The number of allylic oxidation sites excluding steroid dienone is 2. The van der Waals surface area contributed by atoms with Crippen molar-refractivity contribution in [2.75, 3.05) is 21.3 Å². The predicted molar refractivity (Wildman–Crippen MR) is 126 cm³/mol. The minimum absolute atomic E-state index is 0.0748. The molecule has 0 fully saturated rings. The molecule has 2 aromatic carbocycles. The first-order valence-corrected chi connectivity index (χ1v) is 10.6. The number of carbonyl (C=O) groups excluding carboxylic acids is 2. The van der Waals surface area contributed by atoms with E-state index in [9.17, 15) is 19.7 Å². The molecular formula is C25H26N2O8. The summed E-state index contributed by atoms with van der Waals surface area (Å²) >= 11 is 0. The number of ether oxygens (including phenoxy) is 4. The number of nitrogens with zero attached hydrogens (tertiary/aromatic N) is 1. The van der Waals surface area contributed by atoms with E-state index in [4.69, 9.17) is 18.9 Å². The number of methoxy groups -OCH3 is 3. The third-order valence-corrected chi connectivity index (χ3v) is 5.65. The van der Waals surface area contributed by atoms with Gasteiger partial charge in [-0.05, 0) is 31.5 Å². The second kappa shape index (κ2) is 10.7. The molecule has 1 N–H and O–H groups in total. The molecule has 1 atom stereocenters. The summed E-state index contributed by atoms with van der Waals surface area (Å²) in [5.74, 6) is -1.52. The van der Waals surface area contributed by atoms with E-state index in [2.05, 4.69) is 5.32 Å². The molecule has 1 aliphatic heterocycles. The number of benzene rings is 2. The number of nitro benzene ring substituents is 1. The number of hydrogen-bond acceptors (Lipinski definition) is 9. The van der Waals surface area contributed by atoms with Gasteiger partial charge in [-0.25, -0.2) is 9.59 Å².